The maximum absolute atomic E-state index is 6.33. The van der Waals surface area contributed by atoms with Crippen molar-refractivity contribution in [1.82, 2.24) is 0 Å². The second-order valence-corrected chi connectivity index (χ2v) is 25.7. The van der Waals surface area contributed by atoms with Crippen molar-refractivity contribution in [2.75, 3.05) is 0 Å². The van der Waals surface area contributed by atoms with Crippen LogP contribution in [0, 0.1) is 0 Å². The van der Waals surface area contributed by atoms with E-state index in [1.54, 1.807) is 0 Å². The molecule has 0 aliphatic heterocycles. The molecule has 0 aliphatic rings. The topological polar surface area (TPSA) is 46.2 Å². The molecule has 9 heteroatoms. The highest BCUT2D eigenvalue weighted by atomic mass is 28.5. The largest absolute Gasteiger partial charge is 0.675 e. The summed E-state index contributed by atoms with van der Waals surface area (Å²) < 4.78 is 24.8. The third-order valence-electron chi connectivity index (χ3n) is 1.69. The Bertz CT molecular complexity index is 309. The summed E-state index contributed by atoms with van der Waals surface area (Å²) in [6.45, 7) is 24.8. The Hall–Kier alpha value is 0.668. The Balaban J connectivity index is 5.58. The van der Waals surface area contributed by atoms with Crippen LogP contribution < -0.4 is 0 Å². The fraction of sp³-hybridized carbons (Fsp3) is 1.00. The number of hydrogen-bond donors (Lipinski definition) is 0. The quantitative estimate of drug-likeness (QED) is 0.344. The normalized spacial score (nSPS) is 15.3. The molecule has 0 spiro atoms. The smallest absolute Gasteiger partial charge is 0.394 e. The minimum absolute atomic E-state index is 0.452. The first-order chi connectivity index (χ1) is 9.33. The minimum Gasteiger partial charge on any atom is -0.394 e. The SMILES string of the molecule is CC(C)(C)OO[Si](O[Si](C)(C)C)(O[Si](C)(C)C)O[Si](C)(C)C. The summed E-state index contributed by atoms with van der Waals surface area (Å²) in [4.78, 5) is 5.59. The molecule has 0 radical (unpaired) electrons. The van der Waals surface area contributed by atoms with Crippen molar-refractivity contribution < 1.29 is 21.8 Å². The first-order valence-electron chi connectivity index (χ1n) is 7.80. The monoisotopic (exact) mass is 384 g/mol. The lowest BCUT2D eigenvalue weighted by atomic mass is 10.2. The molecule has 0 aromatic heterocycles. The Morgan fingerprint density at radius 1 is 0.545 bits per heavy atom. The zero-order valence-electron chi connectivity index (χ0n) is 16.5. The van der Waals surface area contributed by atoms with Gasteiger partial charge < -0.3 is 12.3 Å². The van der Waals surface area contributed by atoms with Crippen molar-refractivity contribution in [1.29, 1.82) is 0 Å². The lowest BCUT2D eigenvalue weighted by Crippen LogP contribution is -2.62. The van der Waals surface area contributed by atoms with E-state index in [1.807, 2.05) is 20.8 Å². The summed E-state index contributed by atoms with van der Waals surface area (Å²) in [7, 11) is -9.16. The molecule has 0 rings (SSSR count). The van der Waals surface area contributed by atoms with Gasteiger partial charge in [0.1, 0.15) is 0 Å². The number of rotatable bonds is 8. The van der Waals surface area contributed by atoms with Crippen LogP contribution in [0.1, 0.15) is 20.8 Å². The molecule has 0 atom stereocenters. The molecule has 0 N–H and O–H groups in total. The highest BCUT2D eigenvalue weighted by Gasteiger charge is 2.55. The zero-order valence-corrected chi connectivity index (χ0v) is 20.5. The van der Waals surface area contributed by atoms with Gasteiger partial charge in [-0.25, -0.2) is 4.89 Å². The van der Waals surface area contributed by atoms with Crippen LogP contribution in [0.25, 0.3) is 0 Å². The maximum Gasteiger partial charge on any atom is 0.675 e. The van der Waals surface area contributed by atoms with E-state index in [-0.39, 0.29) is 0 Å². The molecule has 0 aliphatic carbocycles. The molecule has 0 aromatic rings. The number of hydrogen-bond acceptors (Lipinski definition) is 5. The second-order valence-electron chi connectivity index (χ2n) is 9.42. The van der Waals surface area contributed by atoms with Gasteiger partial charge >= 0.3 is 9.05 Å². The Kier molecular flexibility index (Phi) is 7.50. The van der Waals surface area contributed by atoms with Gasteiger partial charge in [0, 0.05) is 0 Å². The lowest BCUT2D eigenvalue weighted by Gasteiger charge is -2.40. The Morgan fingerprint density at radius 2 is 0.818 bits per heavy atom. The highest BCUT2D eigenvalue weighted by molar-refractivity contribution is 6.87. The summed E-state index contributed by atoms with van der Waals surface area (Å²) >= 11 is 0. The van der Waals surface area contributed by atoms with Gasteiger partial charge in [-0.2, -0.15) is 4.58 Å². The van der Waals surface area contributed by atoms with Gasteiger partial charge in [-0.3, -0.25) is 0 Å². The average molecular weight is 385 g/mol. The summed E-state index contributed by atoms with van der Waals surface area (Å²) in [6.07, 6.45) is 0. The molecule has 5 nitrogen and oxygen atoms in total. The van der Waals surface area contributed by atoms with E-state index in [9.17, 15) is 0 Å². The van der Waals surface area contributed by atoms with E-state index >= 15 is 0 Å². The first-order valence-corrected chi connectivity index (χ1v) is 19.7. The van der Waals surface area contributed by atoms with Crippen molar-refractivity contribution in [3.05, 3.63) is 0 Å². The van der Waals surface area contributed by atoms with Crippen LogP contribution in [-0.2, 0) is 21.8 Å². The fourth-order valence-electron chi connectivity index (χ4n) is 1.41. The third kappa shape index (κ3) is 12.1. The van der Waals surface area contributed by atoms with Crippen LogP contribution in [0.2, 0.25) is 58.9 Å². The summed E-state index contributed by atoms with van der Waals surface area (Å²) in [5, 5.41) is 0. The van der Waals surface area contributed by atoms with Crippen LogP contribution in [0.5, 0.6) is 0 Å². The first kappa shape index (κ1) is 22.7. The zero-order chi connectivity index (χ0) is 18.0. The summed E-state index contributed by atoms with van der Waals surface area (Å²) in [5.41, 5.74) is -0.452. The van der Waals surface area contributed by atoms with Crippen molar-refractivity contribution in [2.24, 2.45) is 0 Å². The highest BCUT2D eigenvalue weighted by Crippen LogP contribution is 2.28. The molecule has 0 fully saturated rings. The van der Waals surface area contributed by atoms with E-state index in [4.69, 9.17) is 21.8 Å². The van der Waals surface area contributed by atoms with Gasteiger partial charge in [0.2, 0.25) is 0 Å². The molecule has 0 amide bonds. The van der Waals surface area contributed by atoms with Crippen LogP contribution >= 0.6 is 0 Å². The van der Waals surface area contributed by atoms with E-state index in [1.165, 1.54) is 0 Å². The van der Waals surface area contributed by atoms with E-state index in [2.05, 4.69) is 58.9 Å². The Morgan fingerprint density at radius 3 is 1.00 bits per heavy atom. The van der Waals surface area contributed by atoms with Gasteiger partial charge in [-0.05, 0) is 79.7 Å². The standard InChI is InChI=1S/C13H36O5Si4/c1-13(2,3)14-15-22(16-19(4,5)6,17-20(7,8)9)18-21(10,11)12/h1-12H3. The van der Waals surface area contributed by atoms with Gasteiger partial charge in [-0.1, -0.05) is 0 Å². The minimum atomic E-state index is -3.35. The molecule has 0 aromatic carbocycles. The fourth-order valence-corrected chi connectivity index (χ4v) is 12.8. The molecule has 0 unspecified atom stereocenters. The molecule has 134 valence electrons. The van der Waals surface area contributed by atoms with E-state index in [0.717, 1.165) is 0 Å². The van der Waals surface area contributed by atoms with Crippen molar-refractivity contribution in [3.8, 4) is 0 Å². The molecule has 0 bridgehead atoms. The van der Waals surface area contributed by atoms with Crippen LogP contribution in [0.4, 0.5) is 0 Å². The molecule has 22 heavy (non-hydrogen) atoms. The second kappa shape index (κ2) is 7.28. The Labute approximate surface area is 141 Å². The molecular weight excluding hydrogens is 348 g/mol. The average Bonchev–Trinajstić information content (AvgIpc) is 2.04. The molecule has 0 saturated carbocycles. The molecule has 0 heterocycles. The van der Waals surface area contributed by atoms with Crippen LogP contribution in [-0.4, -0.2) is 39.6 Å². The third-order valence-corrected chi connectivity index (χ3v) is 12.3. The van der Waals surface area contributed by atoms with Crippen molar-refractivity contribution in [2.45, 2.75) is 85.3 Å². The van der Waals surface area contributed by atoms with Crippen molar-refractivity contribution >= 4 is 34.0 Å². The summed E-state index contributed by atoms with van der Waals surface area (Å²) in [6, 6.07) is 0. The van der Waals surface area contributed by atoms with E-state index < -0.39 is 39.6 Å². The van der Waals surface area contributed by atoms with E-state index in [0.29, 0.717) is 0 Å². The van der Waals surface area contributed by atoms with Gasteiger partial charge in [0.25, 0.3) is 0 Å². The molecular formula is C13H36O5Si4. The van der Waals surface area contributed by atoms with Crippen LogP contribution in [0.15, 0.2) is 0 Å². The predicted octanol–water partition coefficient (Wildman–Crippen LogP) is 4.72. The van der Waals surface area contributed by atoms with Gasteiger partial charge in [0.05, 0.1) is 5.60 Å². The van der Waals surface area contributed by atoms with Gasteiger partial charge in [-0.15, -0.1) is 0 Å². The van der Waals surface area contributed by atoms with Crippen LogP contribution in [0.3, 0.4) is 0 Å². The van der Waals surface area contributed by atoms with Crippen molar-refractivity contribution in [3.63, 3.8) is 0 Å². The predicted molar refractivity (Wildman–Crippen MR) is 101 cm³/mol. The maximum atomic E-state index is 6.33. The summed E-state index contributed by atoms with van der Waals surface area (Å²) in [5.74, 6) is 0. The van der Waals surface area contributed by atoms with Gasteiger partial charge in [0.15, 0.2) is 25.0 Å². The lowest BCUT2D eigenvalue weighted by molar-refractivity contribution is -0.313. The molecule has 0 saturated heterocycles.